The van der Waals surface area contributed by atoms with Gasteiger partial charge in [-0.3, -0.25) is 0 Å². The minimum Gasteiger partial charge on any atom is -0.389 e. The van der Waals surface area contributed by atoms with E-state index in [-0.39, 0.29) is 17.2 Å². The Bertz CT molecular complexity index is 633. The fourth-order valence-electron chi connectivity index (χ4n) is 1.77. The lowest BCUT2D eigenvalue weighted by Gasteiger charge is -2.09. The Morgan fingerprint density at radius 2 is 1.75 bits per heavy atom. The number of ether oxygens (including phenoxy) is 1. The van der Waals surface area contributed by atoms with Crippen molar-refractivity contribution in [2.24, 2.45) is 5.73 Å². The van der Waals surface area contributed by atoms with Crippen LogP contribution in [0.1, 0.15) is 16.7 Å². The molecule has 0 atom stereocenters. The van der Waals surface area contributed by atoms with Gasteiger partial charge in [0.25, 0.3) is 0 Å². The second kappa shape index (κ2) is 6.79. The number of rotatable bonds is 5. The molecule has 0 fully saturated rings. The molecule has 0 unspecified atom stereocenters. The molecule has 2 aromatic rings. The third-order valence-corrected chi connectivity index (χ3v) is 3.41. The largest absolute Gasteiger partial charge is 0.389 e. The zero-order chi connectivity index (χ0) is 14.5. The van der Waals surface area contributed by atoms with Crippen molar-refractivity contribution in [1.82, 2.24) is 0 Å². The predicted octanol–water partition coefficient (Wildman–Crippen LogP) is 3.83. The van der Waals surface area contributed by atoms with Gasteiger partial charge in [0.2, 0.25) is 0 Å². The molecule has 0 bridgehead atoms. The zero-order valence-electron chi connectivity index (χ0n) is 10.6. The van der Waals surface area contributed by atoms with E-state index in [1.54, 1.807) is 24.3 Å². The maximum Gasteiger partial charge on any atom is 0.138 e. The topological polar surface area (TPSA) is 35.2 Å². The summed E-state index contributed by atoms with van der Waals surface area (Å²) in [6.07, 6.45) is 0. The summed E-state index contributed by atoms with van der Waals surface area (Å²) >= 11 is 10.8. The van der Waals surface area contributed by atoms with Crippen LogP contribution in [0.25, 0.3) is 0 Å². The van der Waals surface area contributed by atoms with Crippen molar-refractivity contribution in [2.45, 2.75) is 13.2 Å². The second-order valence-corrected chi connectivity index (χ2v) is 5.07. The van der Waals surface area contributed by atoms with E-state index in [1.807, 2.05) is 18.2 Å². The zero-order valence-corrected chi connectivity index (χ0v) is 12.2. The van der Waals surface area contributed by atoms with Crippen LogP contribution in [0.5, 0.6) is 0 Å². The number of thiocarbonyl (C=S) groups is 1. The van der Waals surface area contributed by atoms with Crippen molar-refractivity contribution in [3.8, 4) is 0 Å². The molecule has 2 nitrogen and oxygen atoms in total. The summed E-state index contributed by atoms with van der Waals surface area (Å²) in [5.74, 6) is -0.431. The molecule has 104 valence electrons. The van der Waals surface area contributed by atoms with Crippen LogP contribution in [-0.4, -0.2) is 4.99 Å². The second-order valence-electron chi connectivity index (χ2n) is 4.23. The van der Waals surface area contributed by atoms with Gasteiger partial charge in [-0.2, -0.15) is 0 Å². The monoisotopic (exact) mass is 309 g/mol. The lowest BCUT2D eigenvalue weighted by atomic mass is 10.1. The summed E-state index contributed by atoms with van der Waals surface area (Å²) in [5, 5.41) is 0.629. The van der Waals surface area contributed by atoms with Gasteiger partial charge < -0.3 is 10.5 Å². The van der Waals surface area contributed by atoms with Crippen LogP contribution in [0.3, 0.4) is 0 Å². The molecule has 0 spiro atoms. The molecule has 0 saturated heterocycles. The smallest absolute Gasteiger partial charge is 0.138 e. The third-order valence-electron chi connectivity index (χ3n) is 2.82. The van der Waals surface area contributed by atoms with E-state index >= 15 is 0 Å². The minimum atomic E-state index is -0.431. The maximum atomic E-state index is 14.1. The van der Waals surface area contributed by atoms with E-state index in [0.717, 1.165) is 5.56 Å². The van der Waals surface area contributed by atoms with Gasteiger partial charge in [0, 0.05) is 16.1 Å². The van der Waals surface area contributed by atoms with E-state index < -0.39 is 5.82 Å². The molecular weight excluding hydrogens is 297 g/mol. The highest BCUT2D eigenvalue weighted by atomic mass is 35.5. The molecule has 0 radical (unpaired) electrons. The Kier molecular flexibility index (Phi) is 5.06. The predicted molar refractivity (Wildman–Crippen MR) is 82.2 cm³/mol. The maximum absolute atomic E-state index is 14.1. The number of benzene rings is 2. The molecule has 0 aliphatic heterocycles. The van der Waals surface area contributed by atoms with Gasteiger partial charge in [-0.1, -0.05) is 54.2 Å². The van der Waals surface area contributed by atoms with Crippen LogP contribution in [0.2, 0.25) is 5.02 Å². The quantitative estimate of drug-likeness (QED) is 0.853. The van der Waals surface area contributed by atoms with Crippen molar-refractivity contribution in [3.63, 3.8) is 0 Å². The average Bonchev–Trinajstić information content (AvgIpc) is 2.42. The van der Waals surface area contributed by atoms with Crippen LogP contribution >= 0.6 is 23.8 Å². The first-order valence-electron chi connectivity index (χ1n) is 5.98. The normalized spacial score (nSPS) is 10.5. The van der Waals surface area contributed by atoms with E-state index in [1.165, 1.54) is 0 Å². The molecule has 2 aromatic carbocycles. The lowest BCUT2D eigenvalue weighted by Crippen LogP contribution is -2.13. The SMILES string of the molecule is NC(=S)c1cccc(COCc2ccccc2Cl)c1F. The van der Waals surface area contributed by atoms with Crippen LogP contribution in [0.15, 0.2) is 42.5 Å². The highest BCUT2D eigenvalue weighted by molar-refractivity contribution is 7.80. The van der Waals surface area contributed by atoms with Crippen molar-refractivity contribution in [1.29, 1.82) is 0 Å². The highest BCUT2D eigenvalue weighted by Crippen LogP contribution is 2.18. The molecule has 2 rings (SSSR count). The van der Waals surface area contributed by atoms with Gasteiger partial charge in [0.1, 0.15) is 10.8 Å². The number of halogens is 2. The molecule has 5 heteroatoms. The van der Waals surface area contributed by atoms with Crippen molar-refractivity contribution in [3.05, 3.63) is 70.0 Å². The summed E-state index contributed by atoms with van der Waals surface area (Å²) in [5.41, 5.74) is 6.97. The van der Waals surface area contributed by atoms with Crippen LogP contribution in [-0.2, 0) is 18.0 Å². The summed E-state index contributed by atoms with van der Waals surface area (Å²) in [6.45, 7) is 0.448. The molecule has 0 saturated carbocycles. The fraction of sp³-hybridized carbons (Fsp3) is 0.133. The van der Waals surface area contributed by atoms with Gasteiger partial charge in [0.15, 0.2) is 0 Å². The van der Waals surface area contributed by atoms with E-state index in [9.17, 15) is 4.39 Å². The molecular formula is C15H13ClFNOS. The molecule has 0 amide bonds. The first-order chi connectivity index (χ1) is 9.59. The van der Waals surface area contributed by atoms with E-state index in [4.69, 9.17) is 34.3 Å². The average molecular weight is 310 g/mol. The first kappa shape index (κ1) is 14.9. The Morgan fingerprint density at radius 3 is 2.45 bits per heavy atom. The van der Waals surface area contributed by atoms with E-state index in [0.29, 0.717) is 17.2 Å². The minimum absolute atomic E-state index is 0.0375. The van der Waals surface area contributed by atoms with Crippen molar-refractivity contribution >= 4 is 28.8 Å². The van der Waals surface area contributed by atoms with Gasteiger partial charge >= 0.3 is 0 Å². The Balaban J connectivity index is 2.03. The first-order valence-corrected chi connectivity index (χ1v) is 6.76. The van der Waals surface area contributed by atoms with Crippen LogP contribution in [0, 0.1) is 5.82 Å². The number of hydrogen-bond acceptors (Lipinski definition) is 2. The standard InChI is InChI=1S/C15H13ClFNOS/c16-13-7-2-1-4-10(13)8-19-9-11-5-3-6-12(14(11)17)15(18)20/h1-7H,8-9H2,(H2,18,20). The fourth-order valence-corrected chi connectivity index (χ4v) is 2.12. The molecule has 20 heavy (non-hydrogen) atoms. The summed E-state index contributed by atoms with van der Waals surface area (Å²) in [6, 6.07) is 12.3. The summed E-state index contributed by atoms with van der Waals surface area (Å²) < 4.78 is 19.5. The lowest BCUT2D eigenvalue weighted by molar-refractivity contribution is 0.105. The Morgan fingerprint density at radius 1 is 1.10 bits per heavy atom. The van der Waals surface area contributed by atoms with Gasteiger partial charge in [-0.25, -0.2) is 4.39 Å². The molecule has 0 aromatic heterocycles. The Labute approximate surface area is 127 Å². The Hall–Kier alpha value is -1.49. The number of nitrogens with two attached hydrogens (primary N) is 1. The molecule has 0 aliphatic carbocycles. The number of hydrogen-bond donors (Lipinski definition) is 1. The van der Waals surface area contributed by atoms with Gasteiger partial charge in [-0.05, 0) is 17.7 Å². The van der Waals surface area contributed by atoms with E-state index in [2.05, 4.69) is 0 Å². The van der Waals surface area contributed by atoms with Gasteiger partial charge in [0.05, 0.1) is 13.2 Å². The van der Waals surface area contributed by atoms with Crippen molar-refractivity contribution < 1.29 is 9.13 Å². The summed E-state index contributed by atoms with van der Waals surface area (Å²) in [7, 11) is 0. The van der Waals surface area contributed by atoms with Crippen LogP contribution in [0.4, 0.5) is 4.39 Å². The molecule has 0 heterocycles. The third kappa shape index (κ3) is 3.54. The highest BCUT2D eigenvalue weighted by Gasteiger charge is 2.10. The summed E-state index contributed by atoms with van der Waals surface area (Å²) in [4.78, 5) is 0.0375. The molecule has 2 N–H and O–H groups in total. The van der Waals surface area contributed by atoms with Gasteiger partial charge in [-0.15, -0.1) is 0 Å². The van der Waals surface area contributed by atoms with Crippen LogP contribution < -0.4 is 5.73 Å². The van der Waals surface area contributed by atoms with Crippen molar-refractivity contribution in [2.75, 3.05) is 0 Å². The molecule has 0 aliphatic rings.